The third-order valence-corrected chi connectivity index (χ3v) is 3.36. The highest BCUT2D eigenvalue weighted by atomic mass is 16.5. The molecule has 0 unspecified atom stereocenters. The molecule has 3 heterocycles. The van der Waals surface area contributed by atoms with Crippen LogP contribution in [0.1, 0.15) is 16.1 Å². The maximum absolute atomic E-state index is 12.1. The van der Waals surface area contributed by atoms with Crippen LogP contribution in [0.4, 0.5) is 11.6 Å². The van der Waals surface area contributed by atoms with Crippen LogP contribution >= 0.6 is 0 Å². The Morgan fingerprint density at radius 2 is 2.21 bits per heavy atom. The first-order valence-electron chi connectivity index (χ1n) is 7.34. The summed E-state index contributed by atoms with van der Waals surface area (Å²) < 4.78 is 8.08. The SMILES string of the molecule is COCCNc1cn2nc(NC(=O)c3cn(C)nn3)nc2cc1C. The predicted octanol–water partition coefficient (Wildman–Crippen LogP) is 0.477. The van der Waals surface area contributed by atoms with Crippen LogP contribution in [0.15, 0.2) is 18.5 Å². The molecule has 0 aliphatic carbocycles. The Balaban J connectivity index is 1.79. The number of aryl methyl sites for hydroxylation is 2. The number of carbonyl (C=O) groups is 1. The lowest BCUT2D eigenvalue weighted by molar-refractivity contribution is 0.102. The molecule has 1 amide bonds. The van der Waals surface area contributed by atoms with E-state index in [0.717, 1.165) is 11.3 Å². The second kappa shape index (κ2) is 6.62. The van der Waals surface area contributed by atoms with Crippen molar-refractivity contribution in [3.63, 3.8) is 0 Å². The lowest BCUT2D eigenvalue weighted by Gasteiger charge is -2.08. The van der Waals surface area contributed by atoms with E-state index in [-0.39, 0.29) is 11.6 Å². The summed E-state index contributed by atoms with van der Waals surface area (Å²) in [6, 6.07) is 1.89. The van der Waals surface area contributed by atoms with Crippen LogP contribution in [0, 0.1) is 6.92 Å². The molecule has 126 valence electrons. The van der Waals surface area contributed by atoms with Gasteiger partial charge in [-0.25, -0.2) is 4.52 Å². The molecule has 0 fully saturated rings. The van der Waals surface area contributed by atoms with Gasteiger partial charge in [-0.3, -0.25) is 14.8 Å². The number of pyridine rings is 1. The number of aromatic nitrogens is 6. The van der Waals surface area contributed by atoms with Gasteiger partial charge in [0.25, 0.3) is 5.91 Å². The van der Waals surface area contributed by atoms with Gasteiger partial charge in [0.15, 0.2) is 11.3 Å². The van der Waals surface area contributed by atoms with Crippen molar-refractivity contribution in [2.24, 2.45) is 7.05 Å². The number of ether oxygens (including phenoxy) is 1. The Morgan fingerprint density at radius 1 is 1.38 bits per heavy atom. The molecule has 0 aromatic carbocycles. The zero-order valence-electron chi connectivity index (χ0n) is 13.6. The minimum absolute atomic E-state index is 0.203. The van der Waals surface area contributed by atoms with E-state index in [1.807, 2.05) is 19.2 Å². The van der Waals surface area contributed by atoms with E-state index >= 15 is 0 Å². The molecule has 0 aliphatic rings. The van der Waals surface area contributed by atoms with E-state index in [0.29, 0.717) is 18.8 Å². The van der Waals surface area contributed by atoms with Crippen LogP contribution < -0.4 is 10.6 Å². The minimum Gasteiger partial charge on any atom is -0.383 e. The highest BCUT2D eigenvalue weighted by Gasteiger charge is 2.14. The third kappa shape index (κ3) is 3.33. The Bertz CT molecular complexity index is 869. The molecule has 0 saturated heterocycles. The van der Waals surface area contributed by atoms with Crippen molar-refractivity contribution in [1.82, 2.24) is 29.6 Å². The second-order valence-electron chi connectivity index (χ2n) is 5.26. The average molecular weight is 330 g/mol. The van der Waals surface area contributed by atoms with Crippen LogP contribution in [-0.4, -0.2) is 55.8 Å². The topological polar surface area (TPSA) is 111 Å². The Morgan fingerprint density at radius 3 is 2.92 bits per heavy atom. The zero-order chi connectivity index (χ0) is 17.1. The van der Waals surface area contributed by atoms with Crippen molar-refractivity contribution < 1.29 is 9.53 Å². The molecule has 3 aromatic rings. The number of methoxy groups -OCH3 is 1. The van der Waals surface area contributed by atoms with E-state index in [9.17, 15) is 4.79 Å². The summed E-state index contributed by atoms with van der Waals surface area (Å²) in [7, 11) is 3.34. The molecule has 0 spiro atoms. The summed E-state index contributed by atoms with van der Waals surface area (Å²) in [6.45, 7) is 3.27. The van der Waals surface area contributed by atoms with Crippen LogP contribution in [0.5, 0.6) is 0 Å². The van der Waals surface area contributed by atoms with Gasteiger partial charge in [0.1, 0.15) is 0 Å². The van der Waals surface area contributed by atoms with Gasteiger partial charge in [0.2, 0.25) is 5.95 Å². The number of nitrogens with zero attached hydrogens (tertiary/aromatic N) is 6. The van der Waals surface area contributed by atoms with Crippen molar-refractivity contribution >= 4 is 23.2 Å². The monoisotopic (exact) mass is 330 g/mol. The molecule has 10 nitrogen and oxygen atoms in total. The number of anilines is 2. The highest BCUT2D eigenvalue weighted by Crippen LogP contribution is 2.17. The van der Waals surface area contributed by atoms with Crippen molar-refractivity contribution in [2.45, 2.75) is 6.92 Å². The first-order valence-corrected chi connectivity index (χ1v) is 7.34. The molecule has 24 heavy (non-hydrogen) atoms. The molecule has 0 atom stereocenters. The Labute approximate surface area is 137 Å². The normalized spacial score (nSPS) is 11.0. The highest BCUT2D eigenvalue weighted by molar-refractivity contribution is 6.01. The van der Waals surface area contributed by atoms with Crippen molar-refractivity contribution in [2.75, 3.05) is 30.9 Å². The summed E-state index contributed by atoms with van der Waals surface area (Å²) in [4.78, 5) is 16.4. The number of amides is 1. The first-order chi connectivity index (χ1) is 11.6. The molecule has 0 saturated carbocycles. The van der Waals surface area contributed by atoms with E-state index in [2.05, 4.69) is 31.0 Å². The molecule has 0 bridgehead atoms. The number of nitrogens with one attached hydrogen (secondary N) is 2. The fourth-order valence-electron chi connectivity index (χ4n) is 2.17. The Kier molecular flexibility index (Phi) is 4.38. The second-order valence-corrected chi connectivity index (χ2v) is 5.26. The molecule has 3 aromatic heterocycles. The standard InChI is InChI=1S/C14H18N8O2/c1-9-6-12-16-14(17-13(23)11-7-21(2)20-18-11)19-22(12)8-10(9)15-4-5-24-3/h6-8,15H,4-5H2,1-3H3,(H,17,19,23). The number of rotatable bonds is 6. The molecular weight excluding hydrogens is 312 g/mol. The van der Waals surface area contributed by atoms with Crippen LogP contribution in [-0.2, 0) is 11.8 Å². The van der Waals surface area contributed by atoms with E-state index < -0.39 is 5.91 Å². The molecule has 0 aliphatic heterocycles. The Hall–Kier alpha value is -3.01. The van der Waals surface area contributed by atoms with Gasteiger partial charge in [-0.1, -0.05) is 5.21 Å². The maximum atomic E-state index is 12.1. The van der Waals surface area contributed by atoms with Gasteiger partial charge < -0.3 is 10.1 Å². The molecule has 2 N–H and O–H groups in total. The van der Waals surface area contributed by atoms with Crippen LogP contribution in [0.25, 0.3) is 5.65 Å². The van der Waals surface area contributed by atoms with Gasteiger partial charge in [-0.15, -0.1) is 10.2 Å². The van der Waals surface area contributed by atoms with Gasteiger partial charge in [0, 0.05) is 20.7 Å². The molecule has 10 heteroatoms. The van der Waals surface area contributed by atoms with Gasteiger partial charge in [-0.05, 0) is 18.6 Å². The van der Waals surface area contributed by atoms with E-state index in [4.69, 9.17) is 4.74 Å². The van der Waals surface area contributed by atoms with E-state index in [1.54, 1.807) is 18.7 Å². The summed E-state index contributed by atoms with van der Waals surface area (Å²) in [6.07, 6.45) is 3.35. The number of fused-ring (bicyclic) bond motifs is 1. The van der Waals surface area contributed by atoms with Crippen molar-refractivity contribution in [3.05, 3.63) is 29.7 Å². The third-order valence-electron chi connectivity index (χ3n) is 3.36. The lowest BCUT2D eigenvalue weighted by atomic mass is 10.2. The summed E-state index contributed by atoms with van der Waals surface area (Å²) >= 11 is 0. The van der Waals surface area contributed by atoms with Crippen molar-refractivity contribution in [3.8, 4) is 0 Å². The summed E-state index contributed by atoms with van der Waals surface area (Å²) in [5.74, 6) is -0.201. The van der Waals surface area contributed by atoms with Crippen molar-refractivity contribution in [1.29, 1.82) is 0 Å². The van der Waals surface area contributed by atoms with Gasteiger partial charge >= 0.3 is 0 Å². The number of hydrogen-bond donors (Lipinski definition) is 2. The van der Waals surface area contributed by atoms with Crippen LogP contribution in [0.3, 0.4) is 0 Å². The predicted molar refractivity (Wildman–Crippen MR) is 87.0 cm³/mol. The van der Waals surface area contributed by atoms with E-state index in [1.165, 1.54) is 10.9 Å². The van der Waals surface area contributed by atoms with Crippen LogP contribution in [0.2, 0.25) is 0 Å². The molecular formula is C14H18N8O2. The smallest absolute Gasteiger partial charge is 0.280 e. The summed E-state index contributed by atoms with van der Waals surface area (Å²) in [5.41, 5.74) is 2.79. The zero-order valence-corrected chi connectivity index (χ0v) is 13.6. The summed E-state index contributed by atoms with van der Waals surface area (Å²) in [5, 5.41) is 17.6. The first kappa shape index (κ1) is 15.9. The average Bonchev–Trinajstić information content (AvgIpc) is 3.13. The number of hydrogen-bond acceptors (Lipinski definition) is 7. The number of carbonyl (C=O) groups excluding carboxylic acids is 1. The minimum atomic E-state index is -0.408. The fraction of sp³-hybridized carbons (Fsp3) is 0.357. The van der Waals surface area contributed by atoms with Gasteiger partial charge in [0.05, 0.1) is 24.7 Å². The molecule has 3 rings (SSSR count). The maximum Gasteiger partial charge on any atom is 0.280 e. The lowest BCUT2D eigenvalue weighted by Crippen LogP contribution is -2.13. The quantitative estimate of drug-likeness (QED) is 0.632. The largest absolute Gasteiger partial charge is 0.383 e. The fourth-order valence-corrected chi connectivity index (χ4v) is 2.17. The molecule has 0 radical (unpaired) electrons. The van der Waals surface area contributed by atoms with Gasteiger partial charge in [-0.2, -0.15) is 4.98 Å².